The normalized spacial score (nSPS) is 14.5. The van der Waals surface area contributed by atoms with E-state index in [1.54, 1.807) is 0 Å². The van der Waals surface area contributed by atoms with Crippen molar-refractivity contribution >= 4 is 32.5 Å². The second-order valence-electron chi connectivity index (χ2n) is 9.74. The van der Waals surface area contributed by atoms with Gasteiger partial charge in [0, 0.05) is 6.42 Å². The second-order valence-corrected chi connectivity index (χ2v) is 19.3. The van der Waals surface area contributed by atoms with Crippen molar-refractivity contribution in [3.8, 4) is 0 Å². The van der Waals surface area contributed by atoms with Crippen molar-refractivity contribution in [2.24, 2.45) is 5.92 Å². The van der Waals surface area contributed by atoms with E-state index in [-0.39, 0.29) is 5.97 Å². The first-order valence-corrected chi connectivity index (χ1v) is 16.9. The summed E-state index contributed by atoms with van der Waals surface area (Å²) in [6, 6.07) is 21.9. The lowest BCUT2D eigenvalue weighted by molar-refractivity contribution is -0.140. The molecule has 2 rings (SSSR count). The van der Waals surface area contributed by atoms with Crippen molar-refractivity contribution in [3.05, 3.63) is 60.7 Å². The first kappa shape index (κ1) is 23.6. The largest absolute Gasteiger partial charge is 0.469 e. The van der Waals surface area contributed by atoms with Crippen molar-refractivity contribution < 1.29 is 9.53 Å². The monoisotopic (exact) mass is 426 g/mol. The fourth-order valence-corrected chi connectivity index (χ4v) is 12.1. The summed E-state index contributed by atoms with van der Waals surface area (Å²) in [5, 5.41) is 2.94. The van der Waals surface area contributed by atoms with Crippen LogP contribution in [0.2, 0.25) is 37.3 Å². The summed E-state index contributed by atoms with van der Waals surface area (Å²) in [6.07, 6.45) is 1.61. The van der Waals surface area contributed by atoms with Crippen LogP contribution in [-0.4, -0.2) is 29.2 Å². The molecule has 0 spiro atoms. The number of carbonyl (C=O) groups excluding carboxylic acids is 1. The van der Waals surface area contributed by atoms with Gasteiger partial charge in [-0.15, -0.1) is 0 Å². The third-order valence-corrected chi connectivity index (χ3v) is 15.8. The molecule has 0 aliphatic carbocycles. The Labute approximate surface area is 179 Å². The van der Waals surface area contributed by atoms with E-state index in [9.17, 15) is 4.79 Å². The summed E-state index contributed by atoms with van der Waals surface area (Å²) >= 11 is 0. The SMILES string of the molecule is COC(=O)C[C@H](C[C@@H](C(C)C)[Si](C)(C)c1ccccc1)[Si](C)(C)c1ccccc1. The molecule has 0 aliphatic heterocycles. The fourth-order valence-electron chi connectivity index (χ4n) is 4.81. The van der Waals surface area contributed by atoms with Gasteiger partial charge >= 0.3 is 5.97 Å². The van der Waals surface area contributed by atoms with Crippen molar-refractivity contribution in [3.63, 3.8) is 0 Å². The standard InChI is InChI=1S/C25H38O2Si2/c1-20(2)24(29(6,7)22-16-12-9-13-17-22)18-23(19-25(26)27-3)28(4,5)21-14-10-8-11-15-21/h8-17,20,23-24H,18-19H2,1-7H3/t23-,24-/m0/s1. The van der Waals surface area contributed by atoms with E-state index in [1.165, 1.54) is 17.5 Å². The number of benzene rings is 2. The number of methoxy groups -OCH3 is 1. The van der Waals surface area contributed by atoms with Gasteiger partial charge in [0.2, 0.25) is 0 Å². The van der Waals surface area contributed by atoms with Crippen LogP contribution in [0.4, 0.5) is 0 Å². The highest BCUT2D eigenvalue weighted by Gasteiger charge is 2.42. The molecule has 0 heterocycles. The molecule has 2 atom stereocenters. The Kier molecular flexibility index (Phi) is 8.06. The van der Waals surface area contributed by atoms with Gasteiger partial charge in [-0.25, -0.2) is 0 Å². The third kappa shape index (κ3) is 5.70. The van der Waals surface area contributed by atoms with Gasteiger partial charge in [-0.2, -0.15) is 0 Å². The van der Waals surface area contributed by atoms with Crippen LogP contribution in [0, 0.1) is 5.92 Å². The smallest absolute Gasteiger partial charge is 0.305 e. The lowest BCUT2D eigenvalue weighted by Gasteiger charge is -2.42. The zero-order valence-corrected chi connectivity index (χ0v) is 21.2. The third-order valence-electron chi connectivity index (χ3n) is 6.97. The molecule has 158 valence electrons. The number of carbonyl (C=O) groups is 1. The molecule has 0 aliphatic rings. The van der Waals surface area contributed by atoms with Gasteiger partial charge in [0.1, 0.15) is 0 Å². The van der Waals surface area contributed by atoms with Crippen LogP contribution in [0.15, 0.2) is 60.7 Å². The van der Waals surface area contributed by atoms with E-state index in [2.05, 4.69) is 101 Å². The van der Waals surface area contributed by atoms with Crippen LogP contribution in [-0.2, 0) is 9.53 Å². The molecule has 4 heteroatoms. The topological polar surface area (TPSA) is 26.3 Å². The molecule has 0 fully saturated rings. The minimum Gasteiger partial charge on any atom is -0.469 e. The molecule has 0 unspecified atom stereocenters. The Morgan fingerprint density at radius 3 is 1.69 bits per heavy atom. The minimum atomic E-state index is -1.85. The Morgan fingerprint density at radius 2 is 1.28 bits per heavy atom. The van der Waals surface area contributed by atoms with E-state index in [1.807, 2.05) is 0 Å². The molecule has 0 saturated heterocycles. The van der Waals surface area contributed by atoms with E-state index in [0.29, 0.717) is 23.4 Å². The van der Waals surface area contributed by atoms with Gasteiger partial charge in [0.25, 0.3) is 0 Å². The maximum Gasteiger partial charge on any atom is 0.305 e. The van der Waals surface area contributed by atoms with E-state index in [4.69, 9.17) is 4.74 Å². The van der Waals surface area contributed by atoms with E-state index >= 15 is 0 Å². The van der Waals surface area contributed by atoms with Crippen molar-refractivity contribution in [1.82, 2.24) is 0 Å². The van der Waals surface area contributed by atoms with Crippen LogP contribution in [0.1, 0.15) is 26.7 Å². The van der Waals surface area contributed by atoms with Gasteiger partial charge in [-0.3, -0.25) is 4.79 Å². The molecule has 2 aromatic carbocycles. The Hall–Kier alpha value is -1.66. The number of rotatable bonds is 9. The van der Waals surface area contributed by atoms with Gasteiger partial charge in [-0.05, 0) is 17.0 Å². The number of ether oxygens (including phenoxy) is 1. The van der Waals surface area contributed by atoms with E-state index < -0.39 is 16.1 Å². The quantitative estimate of drug-likeness (QED) is 0.387. The van der Waals surface area contributed by atoms with Gasteiger partial charge in [0.15, 0.2) is 0 Å². The van der Waals surface area contributed by atoms with Gasteiger partial charge in [-0.1, -0.05) is 117 Å². The van der Waals surface area contributed by atoms with Gasteiger partial charge < -0.3 is 4.74 Å². The highest BCUT2D eigenvalue weighted by molar-refractivity contribution is 6.92. The average molecular weight is 427 g/mol. The fraction of sp³-hybridized carbons (Fsp3) is 0.480. The van der Waals surface area contributed by atoms with Crippen molar-refractivity contribution in [1.29, 1.82) is 0 Å². The number of esters is 1. The lowest BCUT2D eigenvalue weighted by Crippen LogP contribution is -2.51. The highest BCUT2D eigenvalue weighted by Crippen LogP contribution is 2.42. The molecule has 0 amide bonds. The Morgan fingerprint density at radius 1 is 0.828 bits per heavy atom. The number of hydrogen-bond acceptors (Lipinski definition) is 2. The summed E-state index contributed by atoms with van der Waals surface area (Å²) in [5.74, 6) is 0.505. The number of hydrogen-bond donors (Lipinski definition) is 0. The summed E-state index contributed by atoms with van der Waals surface area (Å²) in [5.41, 5.74) is 0.968. The summed E-state index contributed by atoms with van der Waals surface area (Å²) in [4.78, 5) is 12.4. The van der Waals surface area contributed by atoms with Crippen LogP contribution in [0.3, 0.4) is 0 Å². The zero-order chi connectivity index (χ0) is 21.7. The van der Waals surface area contributed by atoms with Crippen LogP contribution in [0.5, 0.6) is 0 Å². The molecule has 0 radical (unpaired) electrons. The summed E-state index contributed by atoms with van der Waals surface area (Å²) in [7, 11) is -2.05. The summed E-state index contributed by atoms with van der Waals surface area (Å²) in [6.45, 7) is 14.6. The highest BCUT2D eigenvalue weighted by atomic mass is 28.3. The van der Waals surface area contributed by atoms with Crippen LogP contribution < -0.4 is 10.4 Å². The molecule has 29 heavy (non-hydrogen) atoms. The molecule has 0 saturated carbocycles. The average Bonchev–Trinajstić information content (AvgIpc) is 2.71. The lowest BCUT2D eigenvalue weighted by atomic mass is 10.0. The van der Waals surface area contributed by atoms with Crippen molar-refractivity contribution in [2.45, 2.75) is 64.0 Å². The van der Waals surface area contributed by atoms with Crippen LogP contribution in [0.25, 0.3) is 0 Å². The Balaban J connectivity index is 2.42. The Bertz CT molecular complexity index is 770. The maximum absolute atomic E-state index is 12.4. The van der Waals surface area contributed by atoms with E-state index in [0.717, 1.165) is 6.42 Å². The molecule has 0 bridgehead atoms. The summed E-state index contributed by atoms with van der Waals surface area (Å²) < 4.78 is 5.12. The molecule has 2 nitrogen and oxygen atoms in total. The molecule has 2 aromatic rings. The predicted molar refractivity (Wildman–Crippen MR) is 131 cm³/mol. The van der Waals surface area contributed by atoms with Crippen LogP contribution >= 0.6 is 0 Å². The molecule has 0 N–H and O–H groups in total. The maximum atomic E-state index is 12.4. The molecular weight excluding hydrogens is 388 g/mol. The first-order chi connectivity index (χ1) is 13.6. The first-order valence-electron chi connectivity index (χ1n) is 10.8. The second kappa shape index (κ2) is 9.90. The molecular formula is C25H38O2Si2. The minimum absolute atomic E-state index is 0.0757. The molecule has 0 aromatic heterocycles. The van der Waals surface area contributed by atoms with Crippen molar-refractivity contribution in [2.75, 3.05) is 7.11 Å². The predicted octanol–water partition coefficient (Wildman–Crippen LogP) is 5.57. The van der Waals surface area contributed by atoms with Gasteiger partial charge in [0.05, 0.1) is 23.3 Å². The zero-order valence-electron chi connectivity index (χ0n) is 19.2.